The van der Waals surface area contributed by atoms with Crippen molar-refractivity contribution in [1.82, 2.24) is 9.80 Å². The van der Waals surface area contributed by atoms with Gasteiger partial charge < -0.3 is 19.6 Å². The van der Waals surface area contributed by atoms with Gasteiger partial charge in [-0.2, -0.15) is 0 Å². The van der Waals surface area contributed by atoms with Gasteiger partial charge in [0.1, 0.15) is 6.04 Å². The lowest BCUT2D eigenvalue weighted by Gasteiger charge is -2.41. The van der Waals surface area contributed by atoms with Gasteiger partial charge in [-0.1, -0.05) is 52.2 Å². The molecule has 0 aromatic rings. The maximum atomic E-state index is 14.4. The fourth-order valence-corrected chi connectivity index (χ4v) is 8.83. The molecule has 38 heavy (non-hydrogen) atoms. The number of amides is 2. The largest absolute Gasteiger partial charge is 0.465 e. The Hall–Kier alpha value is -1.80. The lowest BCUT2D eigenvalue weighted by atomic mass is 9.71. The fraction of sp³-hybridized carbons (Fsp3) is 0.767. The molecule has 2 unspecified atom stereocenters. The zero-order valence-electron chi connectivity index (χ0n) is 23.6. The molecule has 0 saturated carbocycles. The maximum Gasteiger partial charge on any atom is 0.310 e. The number of rotatable bonds is 17. The van der Waals surface area contributed by atoms with Gasteiger partial charge in [0.2, 0.25) is 11.8 Å². The van der Waals surface area contributed by atoms with Gasteiger partial charge in [-0.25, -0.2) is 0 Å². The minimum absolute atomic E-state index is 0.0138. The highest BCUT2D eigenvalue weighted by molar-refractivity contribution is 8.02. The first-order valence-electron chi connectivity index (χ1n) is 14.6. The molecule has 0 aromatic carbocycles. The van der Waals surface area contributed by atoms with Gasteiger partial charge in [-0.15, -0.1) is 24.9 Å². The van der Waals surface area contributed by atoms with Crippen LogP contribution in [0.4, 0.5) is 0 Å². The summed E-state index contributed by atoms with van der Waals surface area (Å²) < 4.78 is 5.03. The number of carbonyl (C=O) groups excluding carboxylic acids is 3. The van der Waals surface area contributed by atoms with Crippen molar-refractivity contribution in [2.45, 2.75) is 101 Å². The van der Waals surface area contributed by atoms with Crippen LogP contribution in [0.5, 0.6) is 0 Å². The van der Waals surface area contributed by atoms with Crippen LogP contribution in [0.2, 0.25) is 0 Å². The number of nitrogens with zero attached hydrogens (tertiary/aromatic N) is 2. The number of ether oxygens (including phenoxy) is 1. The molecule has 7 atom stereocenters. The van der Waals surface area contributed by atoms with Crippen LogP contribution < -0.4 is 0 Å². The molecule has 7 nitrogen and oxygen atoms in total. The molecule has 2 amide bonds. The Kier molecular flexibility index (Phi) is 11.3. The molecule has 2 bridgehead atoms. The number of fused-ring (bicyclic) bond motifs is 1. The smallest absolute Gasteiger partial charge is 0.310 e. The SMILES string of the molecule is C=CCCCCOC(=O)[C@@H]1[C@H]2C(=O)N([C@@H](CO)[C@@H](C)CC)C(C(=O)N(CC=C)CCCCC)C23CC[C@H]1S3. The molecule has 1 spiro atoms. The van der Waals surface area contributed by atoms with Gasteiger partial charge >= 0.3 is 5.97 Å². The number of esters is 1. The summed E-state index contributed by atoms with van der Waals surface area (Å²) in [5, 5.41) is 10.5. The quantitative estimate of drug-likeness (QED) is 0.163. The molecule has 3 fully saturated rings. The van der Waals surface area contributed by atoms with E-state index in [0.29, 0.717) is 26.1 Å². The molecule has 3 aliphatic rings. The van der Waals surface area contributed by atoms with Gasteiger partial charge in [0.15, 0.2) is 0 Å². The van der Waals surface area contributed by atoms with E-state index in [2.05, 4.69) is 20.1 Å². The van der Waals surface area contributed by atoms with Crippen molar-refractivity contribution in [3.05, 3.63) is 25.3 Å². The van der Waals surface area contributed by atoms with E-state index >= 15 is 0 Å². The summed E-state index contributed by atoms with van der Waals surface area (Å²) in [7, 11) is 0. The van der Waals surface area contributed by atoms with E-state index in [1.54, 1.807) is 22.7 Å². The molecule has 1 N–H and O–H groups in total. The molecule has 3 saturated heterocycles. The Balaban J connectivity index is 1.96. The van der Waals surface area contributed by atoms with Crippen molar-refractivity contribution in [2.24, 2.45) is 17.8 Å². The highest BCUT2D eigenvalue weighted by Gasteiger charge is 2.75. The van der Waals surface area contributed by atoms with Crippen LogP contribution in [-0.2, 0) is 19.1 Å². The number of allylic oxidation sites excluding steroid dienone is 1. The lowest BCUT2D eigenvalue weighted by Crippen LogP contribution is -2.58. The number of hydrogen-bond donors (Lipinski definition) is 1. The number of unbranched alkanes of at least 4 members (excludes halogenated alkanes) is 4. The van der Waals surface area contributed by atoms with E-state index < -0.39 is 28.7 Å². The summed E-state index contributed by atoms with van der Waals surface area (Å²) in [5.74, 6) is -1.70. The maximum absolute atomic E-state index is 14.4. The van der Waals surface area contributed by atoms with Crippen molar-refractivity contribution in [3.63, 3.8) is 0 Å². The van der Waals surface area contributed by atoms with Gasteiger partial charge in [-0.05, 0) is 44.4 Å². The van der Waals surface area contributed by atoms with E-state index in [4.69, 9.17) is 4.74 Å². The molecule has 214 valence electrons. The lowest BCUT2D eigenvalue weighted by molar-refractivity contribution is -0.155. The third kappa shape index (κ3) is 5.86. The highest BCUT2D eigenvalue weighted by Crippen LogP contribution is 2.67. The molecule has 0 aliphatic carbocycles. The number of aliphatic hydroxyl groups excluding tert-OH is 1. The van der Waals surface area contributed by atoms with Crippen molar-refractivity contribution in [3.8, 4) is 0 Å². The first-order valence-corrected chi connectivity index (χ1v) is 15.5. The van der Waals surface area contributed by atoms with Gasteiger partial charge in [0.05, 0.1) is 35.8 Å². The van der Waals surface area contributed by atoms with Crippen LogP contribution in [0, 0.1) is 17.8 Å². The first kappa shape index (κ1) is 30.7. The highest BCUT2D eigenvalue weighted by atomic mass is 32.2. The van der Waals surface area contributed by atoms with Crippen molar-refractivity contribution >= 4 is 29.5 Å². The van der Waals surface area contributed by atoms with Crippen molar-refractivity contribution in [1.29, 1.82) is 0 Å². The number of aliphatic hydroxyl groups is 1. The van der Waals surface area contributed by atoms with E-state index in [0.717, 1.165) is 51.4 Å². The fourth-order valence-electron chi connectivity index (χ4n) is 6.64. The summed E-state index contributed by atoms with van der Waals surface area (Å²) in [4.78, 5) is 45.5. The van der Waals surface area contributed by atoms with E-state index in [1.807, 2.05) is 24.8 Å². The molecule has 3 heterocycles. The topological polar surface area (TPSA) is 87.1 Å². The second kappa shape index (κ2) is 14.0. The zero-order chi connectivity index (χ0) is 27.9. The third-order valence-electron chi connectivity index (χ3n) is 8.83. The summed E-state index contributed by atoms with van der Waals surface area (Å²) in [6.07, 6.45) is 11.4. The Morgan fingerprint density at radius 1 is 1.24 bits per heavy atom. The van der Waals surface area contributed by atoms with Gasteiger partial charge in [0, 0.05) is 18.3 Å². The van der Waals surface area contributed by atoms with Crippen LogP contribution in [0.15, 0.2) is 25.3 Å². The summed E-state index contributed by atoms with van der Waals surface area (Å²) in [6.45, 7) is 14.9. The Morgan fingerprint density at radius 2 is 2.00 bits per heavy atom. The predicted octanol–water partition coefficient (Wildman–Crippen LogP) is 4.59. The van der Waals surface area contributed by atoms with Crippen LogP contribution in [-0.4, -0.2) is 81.1 Å². The van der Waals surface area contributed by atoms with Crippen LogP contribution in [0.3, 0.4) is 0 Å². The van der Waals surface area contributed by atoms with Crippen molar-refractivity contribution < 1.29 is 24.2 Å². The Labute approximate surface area is 233 Å². The van der Waals surface area contributed by atoms with Crippen LogP contribution >= 0.6 is 11.8 Å². The normalized spacial score (nSPS) is 29.2. The number of hydrogen-bond acceptors (Lipinski definition) is 6. The molecular weight excluding hydrogens is 500 g/mol. The van der Waals surface area contributed by atoms with Crippen molar-refractivity contribution in [2.75, 3.05) is 26.3 Å². The average Bonchev–Trinajstić information content (AvgIpc) is 3.55. The number of carbonyl (C=O) groups is 3. The third-order valence-corrected chi connectivity index (χ3v) is 10.8. The Bertz CT molecular complexity index is 866. The molecule has 8 heteroatoms. The van der Waals surface area contributed by atoms with Gasteiger partial charge in [-0.3, -0.25) is 14.4 Å². The van der Waals surface area contributed by atoms with E-state index in [1.165, 1.54) is 0 Å². The first-order chi connectivity index (χ1) is 18.3. The standard InChI is InChI=1S/C30H48N2O5S/c1-6-10-12-14-19-37-29(36)24-23-15-16-30(38-23)25(24)27(34)32(22(20-33)21(5)9-4)26(30)28(35)31(17-8-3)18-13-11-7-2/h6,8,21-26,33H,1,3,7,9-20H2,2,4-5H3/t21-,22-,23+,24-,25-,26?,30?/m0/s1. The second-order valence-electron chi connectivity index (χ2n) is 11.2. The molecule has 3 rings (SSSR count). The molecule has 3 aliphatic heterocycles. The molecule has 0 radical (unpaired) electrons. The summed E-state index contributed by atoms with van der Waals surface area (Å²) in [6, 6.07) is -1.18. The second-order valence-corrected chi connectivity index (χ2v) is 12.8. The Morgan fingerprint density at radius 3 is 2.63 bits per heavy atom. The van der Waals surface area contributed by atoms with Gasteiger partial charge in [0.25, 0.3) is 0 Å². The summed E-state index contributed by atoms with van der Waals surface area (Å²) in [5.41, 5.74) is 0. The minimum Gasteiger partial charge on any atom is -0.465 e. The van der Waals surface area contributed by atoms with Crippen LogP contribution in [0.1, 0.15) is 78.6 Å². The number of likely N-dealkylation sites (tertiary alicyclic amines) is 1. The molecular formula is C30H48N2O5S. The van der Waals surface area contributed by atoms with Crippen LogP contribution in [0.25, 0.3) is 0 Å². The summed E-state index contributed by atoms with van der Waals surface area (Å²) >= 11 is 1.66. The number of thioether (sulfide) groups is 1. The van der Waals surface area contributed by atoms with E-state index in [-0.39, 0.29) is 35.6 Å². The average molecular weight is 549 g/mol. The monoisotopic (exact) mass is 548 g/mol. The molecule has 0 aromatic heterocycles. The predicted molar refractivity (Wildman–Crippen MR) is 153 cm³/mol. The van der Waals surface area contributed by atoms with E-state index in [9.17, 15) is 19.5 Å². The zero-order valence-corrected chi connectivity index (χ0v) is 24.4. The minimum atomic E-state index is -0.701.